The maximum atomic E-state index is 6.17. The lowest BCUT2D eigenvalue weighted by Crippen LogP contribution is -2.40. The van der Waals surface area contributed by atoms with Crippen molar-refractivity contribution in [3.63, 3.8) is 0 Å². The number of benzene rings is 1. The SMILES string of the molecule is Cc1cccc(NC2CC(C)(C)CC(C)(C)C2)c1N. The average molecular weight is 260 g/mol. The molecule has 0 atom stereocenters. The molecule has 2 nitrogen and oxygen atoms in total. The first kappa shape index (κ1) is 14.2. The van der Waals surface area contributed by atoms with E-state index in [0.717, 1.165) is 16.9 Å². The number of hydrogen-bond donors (Lipinski definition) is 2. The molecule has 1 aromatic carbocycles. The Morgan fingerprint density at radius 1 is 1.11 bits per heavy atom. The third kappa shape index (κ3) is 3.43. The van der Waals surface area contributed by atoms with Crippen LogP contribution in [0, 0.1) is 17.8 Å². The van der Waals surface area contributed by atoms with Crippen LogP contribution in [0.5, 0.6) is 0 Å². The van der Waals surface area contributed by atoms with Crippen LogP contribution >= 0.6 is 0 Å². The Hall–Kier alpha value is -1.18. The molecule has 3 N–H and O–H groups in total. The summed E-state index contributed by atoms with van der Waals surface area (Å²) < 4.78 is 0. The summed E-state index contributed by atoms with van der Waals surface area (Å²) in [5.41, 5.74) is 10.1. The van der Waals surface area contributed by atoms with Gasteiger partial charge in [-0.15, -0.1) is 0 Å². The van der Waals surface area contributed by atoms with Gasteiger partial charge in [0.2, 0.25) is 0 Å². The van der Waals surface area contributed by atoms with Gasteiger partial charge < -0.3 is 11.1 Å². The van der Waals surface area contributed by atoms with E-state index in [2.05, 4.69) is 58.1 Å². The van der Waals surface area contributed by atoms with Crippen molar-refractivity contribution in [2.24, 2.45) is 10.8 Å². The predicted octanol–water partition coefficient (Wildman–Crippen LogP) is 4.59. The summed E-state index contributed by atoms with van der Waals surface area (Å²) in [6.07, 6.45) is 3.72. The molecule has 0 radical (unpaired) electrons. The van der Waals surface area contributed by atoms with Gasteiger partial charge in [-0.25, -0.2) is 0 Å². The zero-order chi connectivity index (χ0) is 14.3. The van der Waals surface area contributed by atoms with Crippen LogP contribution in [-0.4, -0.2) is 6.04 Å². The maximum Gasteiger partial charge on any atom is 0.0579 e. The number of nitrogens with one attached hydrogen (secondary N) is 1. The lowest BCUT2D eigenvalue weighted by atomic mass is 9.63. The van der Waals surface area contributed by atoms with E-state index >= 15 is 0 Å². The minimum absolute atomic E-state index is 0.401. The van der Waals surface area contributed by atoms with Gasteiger partial charge in [0.15, 0.2) is 0 Å². The average Bonchev–Trinajstić information content (AvgIpc) is 2.20. The molecule has 2 heteroatoms. The molecule has 0 saturated heterocycles. The monoisotopic (exact) mass is 260 g/mol. The van der Waals surface area contributed by atoms with Crippen LogP contribution in [0.1, 0.15) is 52.5 Å². The Bertz CT molecular complexity index is 444. The highest BCUT2D eigenvalue weighted by Gasteiger charge is 2.38. The van der Waals surface area contributed by atoms with E-state index in [0.29, 0.717) is 16.9 Å². The van der Waals surface area contributed by atoms with E-state index in [9.17, 15) is 0 Å². The standard InChI is InChI=1S/C17H28N2/c1-12-7-6-8-14(15(12)18)19-13-9-16(2,3)11-17(4,5)10-13/h6-8,13,19H,9-11,18H2,1-5H3. The summed E-state index contributed by atoms with van der Waals surface area (Å²) in [5, 5.41) is 3.68. The molecule has 0 aliphatic heterocycles. The second-order valence-corrected chi connectivity index (χ2v) is 7.79. The van der Waals surface area contributed by atoms with Crippen molar-refractivity contribution in [2.45, 2.75) is 59.9 Å². The van der Waals surface area contributed by atoms with Crippen molar-refractivity contribution in [3.8, 4) is 0 Å². The van der Waals surface area contributed by atoms with Crippen LogP contribution in [0.25, 0.3) is 0 Å². The first-order chi connectivity index (χ1) is 8.69. The van der Waals surface area contributed by atoms with Crippen LogP contribution in [0.4, 0.5) is 11.4 Å². The molecular weight excluding hydrogens is 232 g/mol. The number of para-hydroxylation sites is 1. The molecule has 0 unspecified atom stereocenters. The molecule has 0 aromatic heterocycles. The van der Waals surface area contributed by atoms with Gasteiger partial charge in [-0.1, -0.05) is 39.8 Å². The Morgan fingerprint density at radius 2 is 1.68 bits per heavy atom. The van der Waals surface area contributed by atoms with Gasteiger partial charge in [-0.3, -0.25) is 0 Å². The molecule has 0 amide bonds. The zero-order valence-corrected chi connectivity index (χ0v) is 13.0. The topological polar surface area (TPSA) is 38.0 Å². The van der Waals surface area contributed by atoms with Gasteiger partial charge in [0.1, 0.15) is 0 Å². The third-order valence-corrected chi connectivity index (χ3v) is 4.24. The summed E-state index contributed by atoms with van der Waals surface area (Å²) in [5.74, 6) is 0. The van der Waals surface area contributed by atoms with Crippen molar-refractivity contribution in [2.75, 3.05) is 11.1 Å². The number of rotatable bonds is 2. The Kier molecular flexibility index (Phi) is 3.55. The highest BCUT2D eigenvalue weighted by atomic mass is 14.9. The molecule has 1 aliphatic rings. The smallest absolute Gasteiger partial charge is 0.0579 e. The minimum atomic E-state index is 0.401. The van der Waals surface area contributed by atoms with Crippen LogP contribution in [-0.2, 0) is 0 Å². The summed E-state index contributed by atoms with van der Waals surface area (Å²) in [6, 6.07) is 6.75. The second-order valence-electron chi connectivity index (χ2n) is 7.79. The zero-order valence-electron chi connectivity index (χ0n) is 13.0. The summed E-state index contributed by atoms with van der Waals surface area (Å²) in [4.78, 5) is 0. The van der Waals surface area contributed by atoms with Gasteiger partial charge in [0.25, 0.3) is 0 Å². The van der Waals surface area contributed by atoms with Crippen molar-refractivity contribution in [1.82, 2.24) is 0 Å². The van der Waals surface area contributed by atoms with Crippen molar-refractivity contribution in [3.05, 3.63) is 23.8 Å². The molecule has 1 saturated carbocycles. The van der Waals surface area contributed by atoms with Crippen LogP contribution in [0.3, 0.4) is 0 Å². The molecule has 0 heterocycles. The van der Waals surface area contributed by atoms with Gasteiger partial charge in [-0.2, -0.15) is 0 Å². The molecule has 1 aromatic rings. The van der Waals surface area contributed by atoms with Crippen LogP contribution in [0.15, 0.2) is 18.2 Å². The second kappa shape index (κ2) is 4.73. The van der Waals surface area contributed by atoms with E-state index in [4.69, 9.17) is 5.73 Å². The van der Waals surface area contributed by atoms with Crippen molar-refractivity contribution >= 4 is 11.4 Å². The fourth-order valence-electron chi connectivity index (χ4n) is 3.97. The number of hydrogen-bond acceptors (Lipinski definition) is 2. The van der Waals surface area contributed by atoms with E-state index in [1.54, 1.807) is 0 Å². The van der Waals surface area contributed by atoms with Gasteiger partial charge in [-0.05, 0) is 48.6 Å². The quantitative estimate of drug-likeness (QED) is 0.763. The number of aryl methyl sites for hydroxylation is 1. The molecule has 0 bridgehead atoms. The molecule has 106 valence electrons. The summed E-state index contributed by atoms with van der Waals surface area (Å²) in [7, 11) is 0. The molecular formula is C17H28N2. The van der Waals surface area contributed by atoms with E-state index < -0.39 is 0 Å². The van der Waals surface area contributed by atoms with E-state index in [1.807, 2.05) is 0 Å². The van der Waals surface area contributed by atoms with Crippen molar-refractivity contribution < 1.29 is 0 Å². The number of anilines is 2. The van der Waals surface area contributed by atoms with Gasteiger partial charge >= 0.3 is 0 Å². The lowest BCUT2D eigenvalue weighted by Gasteiger charge is -2.45. The molecule has 19 heavy (non-hydrogen) atoms. The Balaban J connectivity index is 2.16. The largest absolute Gasteiger partial charge is 0.397 e. The fourth-order valence-corrected chi connectivity index (χ4v) is 3.97. The summed E-state index contributed by atoms with van der Waals surface area (Å²) in [6.45, 7) is 11.6. The molecule has 0 spiro atoms. The normalized spacial score (nSPS) is 22.2. The fraction of sp³-hybridized carbons (Fsp3) is 0.647. The third-order valence-electron chi connectivity index (χ3n) is 4.24. The van der Waals surface area contributed by atoms with E-state index in [-0.39, 0.29) is 0 Å². The highest BCUT2D eigenvalue weighted by Crippen LogP contribution is 2.46. The van der Waals surface area contributed by atoms with Crippen LogP contribution in [0.2, 0.25) is 0 Å². The van der Waals surface area contributed by atoms with Gasteiger partial charge in [0.05, 0.1) is 11.4 Å². The molecule has 1 aliphatic carbocycles. The molecule has 1 fully saturated rings. The Labute approximate surface area is 117 Å². The van der Waals surface area contributed by atoms with Crippen molar-refractivity contribution in [1.29, 1.82) is 0 Å². The minimum Gasteiger partial charge on any atom is -0.397 e. The van der Waals surface area contributed by atoms with Gasteiger partial charge in [0, 0.05) is 6.04 Å². The van der Waals surface area contributed by atoms with E-state index in [1.165, 1.54) is 19.3 Å². The first-order valence-corrected chi connectivity index (χ1v) is 7.30. The van der Waals surface area contributed by atoms with Crippen LogP contribution < -0.4 is 11.1 Å². The maximum absolute atomic E-state index is 6.17. The number of nitrogens with two attached hydrogens (primary N) is 1. The molecule has 2 rings (SSSR count). The summed E-state index contributed by atoms with van der Waals surface area (Å²) >= 11 is 0. The number of nitrogen functional groups attached to an aromatic ring is 1. The Morgan fingerprint density at radius 3 is 2.26 bits per heavy atom. The predicted molar refractivity (Wildman–Crippen MR) is 84.4 cm³/mol. The first-order valence-electron chi connectivity index (χ1n) is 7.30. The highest BCUT2D eigenvalue weighted by molar-refractivity contribution is 5.69. The lowest BCUT2D eigenvalue weighted by molar-refractivity contribution is 0.105.